The van der Waals surface area contributed by atoms with Crippen molar-refractivity contribution in [1.29, 1.82) is 0 Å². The first-order chi connectivity index (χ1) is 18.2. The maximum Gasteiger partial charge on any atom is 0 e. The predicted octanol–water partition coefficient (Wildman–Crippen LogP) is 3.79. The molecule has 0 saturated heterocycles. The Morgan fingerprint density at radius 3 is 1.28 bits per heavy atom. The van der Waals surface area contributed by atoms with Crippen LogP contribution >= 0.6 is 0 Å². The van der Waals surface area contributed by atoms with E-state index < -0.39 is 12.2 Å². The van der Waals surface area contributed by atoms with E-state index in [0.29, 0.717) is 13.2 Å². The fourth-order valence-electron chi connectivity index (χ4n) is 2.19. The van der Waals surface area contributed by atoms with E-state index in [1.54, 1.807) is 0 Å². The molecule has 0 heterocycles. The van der Waals surface area contributed by atoms with Crippen LogP contribution in [0.1, 0.15) is 25.0 Å². The second-order valence-electron chi connectivity index (χ2n) is 6.06. The van der Waals surface area contributed by atoms with Crippen molar-refractivity contribution in [3.63, 3.8) is 0 Å². The average molecular weight is 622 g/mol. The van der Waals surface area contributed by atoms with Gasteiger partial charge in [0.25, 0.3) is 0 Å². The van der Waals surface area contributed by atoms with Gasteiger partial charge in [-0.15, -0.1) is 0 Å². The van der Waals surface area contributed by atoms with E-state index in [4.69, 9.17) is 37.4 Å². The molecule has 39 heavy (non-hydrogen) atoms. The van der Waals surface area contributed by atoms with Crippen molar-refractivity contribution in [2.24, 2.45) is 5.92 Å². The van der Waals surface area contributed by atoms with Gasteiger partial charge in [-0.05, 0) is 11.1 Å². The van der Waals surface area contributed by atoms with E-state index in [1.807, 2.05) is 74.5 Å². The predicted molar refractivity (Wildman–Crippen MR) is 122 cm³/mol. The third kappa shape index (κ3) is 33.0. The third-order valence-corrected chi connectivity index (χ3v) is 3.50. The Labute approximate surface area is 250 Å². The molecule has 0 spiro atoms. The Kier molecular flexibility index (Phi) is 64.8. The second kappa shape index (κ2) is 48.1. The minimum atomic E-state index is -0.727. The smallest absolute Gasteiger partial charge is 0 e. The van der Waals surface area contributed by atoms with Crippen molar-refractivity contribution in [1.82, 2.24) is 0 Å². The topological polar surface area (TPSA) is 155 Å². The van der Waals surface area contributed by atoms with E-state index >= 15 is 0 Å². The van der Waals surface area contributed by atoms with Crippen LogP contribution in [0.15, 0.2) is 60.7 Å². The van der Waals surface area contributed by atoms with Gasteiger partial charge in [0.15, 0.2) is 18.5 Å². The second-order valence-corrected chi connectivity index (χ2v) is 6.06. The van der Waals surface area contributed by atoms with Crippen molar-refractivity contribution in [2.75, 3.05) is 0 Å². The summed E-state index contributed by atoms with van der Waals surface area (Å²) in [6.07, 6.45) is -0.549. The molecule has 0 saturated carbocycles. The van der Waals surface area contributed by atoms with Crippen LogP contribution in [0, 0.1) is 57.7 Å². The summed E-state index contributed by atoms with van der Waals surface area (Å²) < 4.78 is 56.7. The van der Waals surface area contributed by atoms with E-state index in [-0.39, 0.29) is 39.5 Å². The molecule has 0 N–H and O–H groups in total. The summed E-state index contributed by atoms with van der Waals surface area (Å²) in [6, 6.07) is 19.6. The minimum absolute atomic E-state index is 0. The third-order valence-electron chi connectivity index (χ3n) is 3.50. The Bertz CT molecular complexity index is 910. The van der Waals surface area contributed by atoms with Crippen LogP contribution in [-0.4, -0.2) is 18.5 Å². The van der Waals surface area contributed by atoms with Crippen molar-refractivity contribution < 1.29 is 75.7 Å². The van der Waals surface area contributed by atoms with Gasteiger partial charge >= 0.3 is 67.8 Å². The first-order valence-electron chi connectivity index (χ1n) is 9.69. The molecular weight excluding hydrogens is 598 g/mol. The molecule has 9 nitrogen and oxygen atoms in total. The molecule has 0 unspecified atom stereocenters. The summed E-state index contributed by atoms with van der Waals surface area (Å²) in [6.45, 7) is 31.7. The Morgan fingerprint density at radius 1 is 0.641 bits per heavy atom. The van der Waals surface area contributed by atoms with Crippen LogP contribution in [0.4, 0.5) is 0 Å². The molecule has 0 fully saturated rings. The zero-order chi connectivity index (χ0) is 29.9. The maximum absolute atomic E-state index is 11.6. The molecule has 2 aromatic carbocycles. The molecule has 0 aliphatic carbocycles. The summed E-state index contributed by atoms with van der Waals surface area (Å²) >= 11 is 0. The Balaban J connectivity index is -0.000000129. The summed E-state index contributed by atoms with van der Waals surface area (Å²) in [7, 11) is 0. The molecule has 2 atom stereocenters. The van der Waals surface area contributed by atoms with Crippen LogP contribution in [-0.2, 0) is 89.0 Å². The minimum Gasteiger partial charge on any atom is 0 e. The normalized spacial score (nSPS) is 8.59. The molecule has 0 aliphatic rings. The van der Waals surface area contributed by atoms with Gasteiger partial charge in [0.1, 0.15) is 0 Å². The molecule has 2 radical (unpaired) electrons. The first-order valence-corrected chi connectivity index (χ1v) is 9.69. The number of aldehydes is 1. The quantitative estimate of drug-likeness (QED) is 0.190. The summed E-state index contributed by atoms with van der Waals surface area (Å²) in [5.74, 6) is 6.33. The largest absolute Gasteiger partial charge is 0 e. The van der Waals surface area contributed by atoms with Crippen LogP contribution < -0.4 is 0 Å². The van der Waals surface area contributed by atoms with E-state index in [9.17, 15) is 4.79 Å². The van der Waals surface area contributed by atoms with Crippen LogP contribution in [0.5, 0.6) is 0 Å². The fraction of sp³-hybridized carbons (Fsp3) is 0.250. The van der Waals surface area contributed by atoms with Crippen molar-refractivity contribution in [3.8, 4) is 11.8 Å². The summed E-state index contributed by atoms with van der Waals surface area (Å²) in [5.41, 5.74) is 2.04. The summed E-state index contributed by atoms with van der Waals surface area (Å²) in [4.78, 5) is 11.6. The van der Waals surface area contributed by atoms with Crippen LogP contribution in [0.25, 0.3) is 0 Å². The first kappa shape index (κ1) is 52.5. The van der Waals surface area contributed by atoms with E-state index in [0.717, 1.165) is 17.4 Å². The maximum atomic E-state index is 11.6. The zero-order valence-corrected chi connectivity index (χ0v) is 22.9. The monoisotopic (exact) mass is 622 g/mol. The summed E-state index contributed by atoms with van der Waals surface area (Å²) in [5, 5.41) is 0. The van der Waals surface area contributed by atoms with Gasteiger partial charge in [0.05, 0.1) is 13.2 Å². The molecule has 208 valence electrons. The number of carbonyl (C=O) groups is 1. The number of rotatable bonds is 8. The molecular formula is C28H24Co2O9. The van der Waals surface area contributed by atoms with Gasteiger partial charge in [-0.2, -0.15) is 0 Å². The van der Waals surface area contributed by atoms with Crippen LogP contribution in [0.3, 0.4) is 0 Å². The number of benzene rings is 2. The van der Waals surface area contributed by atoms with Crippen molar-refractivity contribution in [2.45, 2.75) is 39.3 Å². The number of carbonyl (C=O) groups excluding carboxylic acids is 1. The molecule has 0 aromatic heterocycles. The van der Waals surface area contributed by atoms with E-state index in [1.165, 1.54) is 0 Å². The van der Waals surface area contributed by atoms with Crippen molar-refractivity contribution >= 4 is 6.29 Å². The Morgan fingerprint density at radius 2 is 0.974 bits per heavy atom. The molecule has 2 rings (SSSR count). The fourth-order valence-corrected chi connectivity index (χ4v) is 2.19. The molecule has 0 bridgehead atoms. The van der Waals surface area contributed by atoms with Gasteiger partial charge in [-0.3, -0.25) is 0 Å². The SMILES string of the molecule is CC(C)C#C[C@@H](OCc1ccccc1)[C@@H](C=O)OCc1ccccc1.[C-]#[O+].[C-]#[O+].[C-]#[O+].[C-]#[O+].[C-]#[O+].[C-]#[O+].[Co].[Co]. The van der Waals surface area contributed by atoms with Crippen molar-refractivity contribution in [3.05, 3.63) is 112 Å². The molecule has 11 heteroatoms. The number of hydrogen-bond donors (Lipinski definition) is 0. The average Bonchev–Trinajstić information content (AvgIpc) is 3.01. The van der Waals surface area contributed by atoms with Crippen LogP contribution in [0.2, 0.25) is 0 Å². The van der Waals surface area contributed by atoms with E-state index in [2.05, 4.69) is 51.7 Å². The van der Waals surface area contributed by atoms with Gasteiger partial charge in [0.2, 0.25) is 0 Å². The zero-order valence-electron chi connectivity index (χ0n) is 20.8. The number of ether oxygens (including phenoxy) is 2. The Hall–Kier alpha value is -2.96. The standard InChI is InChI=1S/C22H24O3.6CO.2Co/c1-18(2)13-14-21(24-16-19-9-5-3-6-10-19)22(15-23)25-17-20-11-7-4-8-12-20;6*1-2;;/h3-12,15,18,21-22H,16-17H2,1-2H3;;;;;;;;/t21-,22-;;;;;;;;/m1......../s1. The molecule has 0 aliphatic heterocycles. The van der Waals surface area contributed by atoms with Gasteiger partial charge in [-0.1, -0.05) is 86.4 Å². The van der Waals surface area contributed by atoms with Gasteiger partial charge in [-0.25, -0.2) is 0 Å². The van der Waals surface area contributed by atoms with Gasteiger partial charge in [0, 0.05) is 39.5 Å². The molecule has 2 aromatic rings. The molecule has 0 amide bonds. The van der Waals surface area contributed by atoms with Gasteiger partial charge < -0.3 is 14.3 Å². The number of hydrogen-bond acceptors (Lipinski definition) is 3.